The van der Waals surface area contributed by atoms with Crippen molar-refractivity contribution in [2.24, 2.45) is 0 Å². The van der Waals surface area contributed by atoms with E-state index in [1.54, 1.807) is 0 Å². The summed E-state index contributed by atoms with van der Waals surface area (Å²) >= 11 is 0. The maximum Gasteiger partial charge on any atom is 0.320 e. The molecule has 3 aliphatic rings. The van der Waals surface area contributed by atoms with Crippen molar-refractivity contribution in [3.05, 3.63) is 95.3 Å². The van der Waals surface area contributed by atoms with Crippen LogP contribution >= 0.6 is 0 Å². The number of aromatic nitrogens is 5. The first-order valence-corrected chi connectivity index (χ1v) is 20.1. The Bertz CT molecular complexity index is 2120. The van der Waals surface area contributed by atoms with Crippen LogP contribution in [0.5, 0.6) is 5.75 Å². The summed E-state index contributed by atoms with van der Waals surface area (Å²) in [6.07, 6.45) is 6.88. The number of amides is 2. The van der Waals surface area contributed by atoms with Crippen molar-refractivity contribution in [1.29, 1.82) is 0 Å². The average molecular weight is 745 g/mol. The molecule has 290 valence electrons. The van der Waals surface area contributed by atoms with E-state index >= 15 is 0 Å². The van der Waals surface area contributed by atoms with Gasteiger partial charge in [-0.25, -0.2) is 9.48 Å². The zero-order valence-corrected chi connectivity index (χ0v) is 33.2. The highest BCUT2D eigenvalue weighted by Gasteiger charge is 2.32. The average Bonchev–Trinajstić information content (AvgIpc) is 3.78. The number of piperazine rings is 1. The summed E-state index contributed by atoms with van der Waals surface area (Å²) < 4.78 is 10.7. The molecule has 55 heavy (non-hydrogen) atoms. The lowest BCUT2D eigenvalue weighted by Gasteiger charge is -2.39. The Hall–Kier alpha value is -4.94. The molecule has 3 aromatic heterocycles. The van der Waals surface area contributed by atoms with Gasteiger partial charge in [-0.05, 0) is 94.0 Å². The van der Waals surface area contributed by atoms with Gasteiger partial charge in [0.15, 0.2) is 5.65 Å². The molecule has 1 aliphatic carbocycles. The van der Waals surface area contributed by atoms with E-state index in [2.05, 4.69) is 118 Å². The van der Waals surface area contributed by atoms with E-state index in [1.807, 2.05) is 41.2 Å². The van der Waals surface area contributed by atoms with Crippen LogP contribution in [0.3, 0.4) is 0 Å². The maximum atomic E-state index is 13.8. The molecule has 0 saturated carbocycles. The van der Waals surface area contributed by atoms with E-state index in [1.165, 1.54) is 12.0 Å². The van der Waals surface area contributed by atoms with Crippen molar-refractivity contribution in [2.45, 2.75) is 103 Å². The molecule has 5 aromatic rings. The first kappa shape index (κ1) is 37.0. The Morgan fingerprint density at radius 1 is 0.873 bits per heavy atom. The number of fused-ring (bicyclic) bond motifs is 2. The van der Waals surface area contributed by atoms with Crippen LogP contribution in [0, 0.1) is 0 Å². The van der Waals surface area contributed by atoms with Gasteiger partial charge in [-0.1, -0.05) is 57.2 Å². The Labute approximate surface area is 324 Å². The van der Waals surface area contributed by atoms with Crippen molar-refractivity contribution >= 4 is 23.4 Å². The van der Waals surface area contributed by atoms with Crippen molar-refractivity contribution in [1.82, 2.24) is 39.5 Å². The van der Waals surface area contributed by atoms with E-state index < -0.39 is 0 Å². The monoisotopic (exact) mass is 744 g/mol. The van der Waals surface area contributed by atoms with E-state index in [4.69, 9.17) is 9.84 Å². The number of pyridine rings is 1. The minimum atomic E-state index is -0.263. The number of piperidine rings is 1. The van der Waals surface area contributed by atoms with Crippen LogP contribution in [0.15, 0.2) is 72.9 Å². The minimum absolute atomic E-state index is 0.156. The fourth-order valence-corrected chi connectivity index (χ4v) is 8.50. The Morgan fingerprint density at radius 2 is 1.64 bits per heavy atom. The van der Waals surface area contributed by atoms with Crippen molar-refractivity contribution in [2.75, 3.05) is 43.4 Å². The zero-order chi connectivity index (χ0) is 38.3. The molecule has 0 spiro atoms. The van der Waals surface area contributed by atoms with E-state index in [9.17, 15) is 4.79 Å². The van der Waals surface area contributed by atoms with Gasteiger partial charge in [-0.15, -0.1) is 10.2 Å². The van der Waals surface area contributed by atoms with Crippen molar-refractivity contribution < 1.29 is 9.53 Å². The molecule has 2 saturated heterocycles. The molecule has 2 aliphatic heterocycles. The van der Waals surface area contributed by atoms with Gasteiger partial charge in [0.1, 0.15) is 17.7 Å². The first-order valence-electron chi connectivity index (χ1n) is 20.1. The number of likely N-dealkylation sites (N-methyl/N-ethyl adjacent to an activating group) is 1. The predicted molar refractivity (Wildman–Crippen MR) is 217 cm³/mol. The van der Waals surface area contributed by atoms with Crippen LogP contribution in [0.2, 0.25) is 0 Å². The molecule has 0 radical (unpaired) electrons. The molecule has 2 aromatic carbocycles. The molecule has 2 N–H and O–H groups in total. The summed E-state index contributed by atoms with van der Waals surface area (Å²) in [6, 6.07) is 23.1. The summed E-state index contributed by atoms with van der Waals surface area (Å²) in [5, 5.41) is 20.6. The topological polar surface area (TPSA) is 108 Å². The molecule has 2 amide bonds. The third-order valence-electron chi connectivity index (χ3n) is 11.7. The summed E-state index contributed by atoms with van der Waals surface area (Å²) in [7, 11) is 2.18. The summed E-state index contributed by atoms with van der Waals surface area (Å²) in [5.74, 6) is 2.28. The lowest BCUT2D eigenvalue weighted by atomic mass is 9.85. The number of hydrogen-bond acceptors (Lipinski definition) is 8. The van der Waals surface area contributed by atoms with Gasteiger partial charge in [0.2, 0.25) is 5.95 Å². The molecule has 5 heterocycles. The number of hydrogen-bond donors (Lipinski definition) is 2. The van der Waals surface area contributed by atoms with Gasteiger partial charge in [-0.3, -0.25) is 14.6 Å². The highest BCUT2D eigenvalue weighted by molar-refractivity contribution is 5.89. The van der Waals surface area contributed by atoms with Crippen LogP contribution in [0.1, 0.15) is 101 Å². The highest BCUT2D eigenvalue weighted by Crippen LogP contribution is 2.39. The number of urea groups is 1. The van der Waals surface area contributed by atoms with Crippen LogP contribution in [-0.2, 0) is 12.0 Å². The quantitative estimate of drug-likeness (QED) is 0.168. The predicted octanol–water partition coefficient (Wildman–Crippen LogP) is 7.50. The fraction of sp³-hybridized carbons (Fsp3) is 0.488. The molecule has 12 nitrogen and oxygen atoms in total. The number of rotatable bonds is 8. The smallest absolute Gasteiger partial charge is 0.320 e. The number of carbonyl (C=O) groups is 1. The second kappa shape index (κ2) is 15.3. The van der Waals surface area contributed by atoms with Gasteiger partial charge in [0.25, 0.3) is 0 Å². The standard InChI is InChI=1S/C43H56N10O2/c1-29-11-9-12-30(2)52(29)42-47-46-39-20-17-33(28-51(39)42)55-37-19-18-36(34-15-7-8-16-35(34)37)44-41(54)45-40-26-38(43(3,4)5)48-53(40)32-14-10-13-31(25-32)27-50-23-21-49(6)22-24-50/h7-8,10,13-17,20,25-26,28-30,36-37H,9,11-12,18-19,21-24,27H2,1-6H3,(H2,44,45,54)/t29-,30+,36-,37+/m0/s1. The third kappa shape index (κ3) is 7.93. The molecular weight excluding hydrogens is 689 g/mol. The Balaban J connectivity index is 0.984. The Morgan fingerprint density at radius 3 is 2.40 bits per heavy atom. The van der Waals surface area contributed by atoms with Crippen LogP contribution in [0.4, 0.5) is 16.6 Å². The van der Waals surface area contributed by atoms with Gasteiger partial charge in [0.05, 0.1) is 23.6 Å². The molecule has 12 heteroatoms. The van der Waals surface area contributed by atoms with E-state index in [-0.39, 0.29) is 23.6 Å². The fourth-order valence-electron chi connectivity index (χ4n) is 8.50. The molecule has 8 rings (SSSR count). The summed E-state index contributed by atoms with van der Waals surface area (Å²) in [4.78, 5) is 21.1. The molecule has 0 unspecified atom stereocenters. The highest BCUT2D eigenvalue weighted by atomic mass is 16.5. The number of nitrogens with zero attached hydrogens (tertiary/aromatic N) is 8. The largest absolute Gasteiger partial charge is 0.484 e. The van der Waals surface area contributed by atoms with Crippen LogP contribution in [0.25, 0.3) is 11.3 Å². The summed E-state index contributed by atoms with van der Waals surface area (Å²) in [6.45, 7) is 16.1. The molecule has 0 bridgehead atoms. The molecular formula is C43H56N10O2. The second-order valence-electron chi connectivity index (χ2n) is 16.9. The number of ether oxygens (including phenoxy) is 1. The van der Waals surface area contributed by atoms with Crippen LogP contribution < -0.4 is 20.3 Å². The number of anilines is 2. The lowest BCUT2D eigenvalue weighted by Crippen LogP contribution is -2.44. The second-order valence-corrected chi connectivity index (χ2v) is 16.9. The first-order chi connectivity index (χ1) is 26.5. The zero-order valence-electron chi connectivity index (χ0n) is 33.2. The van der Waals surface area contributed by atoms with E-state index in [0.717, 1.165) is 98.3 Å². The van der Waals surface area contributed by atoms with Gasteiger partial charge >= 0.3 is 6.03 Å². The molecule has 2 fully saturated rings. The normalized spacial score (nSPS) is 22.4. The number of nitrogens with one attached hydrogen (secondary N) is 2. The van der Waals surface area contributed by atoms with Crippen molar-refractivity contribution in [3.8, 4) is 11.4 Å². The molecule has 4 atom stereocenters. The van der Waals surface area contributed by atoms with Gasteiger partial charge in [-0.2, -0.15) is 5.10 Å². The van der Waals surface area contributed by atoms with Crippen molar-refractivity contribution in [3.63, 3.8) is 0 Å². The van der Waals surface area contributed by atoms with Gasteiger partial charge < -0.3 is 19.9 Å². The number of benzene rings is 2. The summed E-state index contributed by atoms with van der Waals surface area (Å²) in [5.41, 5.74) is 5.83. The lowest BCUT2D eigenvalue weighted by molar-refractivity contribution is 0.148. The number of carbonyl (C=O) groups excluding carboxylic acids is 1. The SMILES string of the molecule is C[C@@H]1CCC[C@H](C)N1c1nnc2ccc(O[C@@H]3CC[C@H](NC(=O)Nc4cc(C(C)(C)C)nn4-c4cccc(CN5CCN(C)CC5)c4)c4ccccc43)cn12. The third-order valence-corrected chi connectivity index (χ3v) is 11.7. The maximum absolute atomic E-state index is 13.8. The van der Waals surface area contributed by atoms with E-state index in [0.29, 0.717) is 17.9 Å². The Kier molecular flexibility index (Phi) is 10.3. The van der Waals surface area contributed by atoms with Gasteiger partial charge in [0, 0.05) is 56.3 Å². The van der Waals surface area contributed by atoms with Crippen LogP contribution in [-0.4, -0.2) is 85.5 Å². The minimum Gasteiger partial charge on any atom is -0.484 e.